The Bertz CT molecular complexity index is 395. The molecule has 2 N–H and O–H groups in total. The Kier molecular flexibility index (Phi) is 4.04. The Hall–Kier alpha value is -1.06. The number of anilines is 1. The van der Waals surface area contributed by atoms with E-state index in [-0.39, 0.29) is 0 Å². The first-order valence-corrected chi connectivity index (χ1v) is 7.62. The minimum Gasteiger partial charge on any atom is -0.399 e. The quantitative estimate of drug-likeness (QED) is 0.839. The van der Waals surface area contributed by atoms with E-state index >= 15 is 0 Å². The van der Waals surface area contributed by atoms with E-state index in [1.165, 1.54) is 57.5 Å². The van der Waals surface area contributed by atoms with Gasteiger partial charge in [0.1, 0.15) is 0 Å². The number of nitrogens with zero attached hydrogens (tertiary/aromatic N) is 2. The van der Waals surface area contributed by atoms with E-state index in [0.29, 0.717) is 0 Å². The standard InChI is InChI=1S/C16H25N3/c17-15-5-3-14(4-6-15)7-11-18-12-8-16(13-18)19-9-1-2-10-19/h3-6,16H,1-2,7-13,17H2. The fraction of sp³-hybridized carbons (Fsp3) is 0.625. The van der Waals surface area contributed by atoms with Gasteiger partial charge in [-0.15, -0.1) is 0 Å². The summed E-state index contributed by atoms with van der Waals surface area (Å²) in [5, 5.41) is 0. The molecule has 0 radical (unpaired) electrons. The molecule has 2 fully saturated rings. The van der Waals surface area contributed by atoms with Crippen LogP contribution in [0.4, 0.5) is 5.69 Å². The van der Waals surface area contributed by atoms with Crippen LogP contribution in [0.3, 0.4) is 0 Å². The molecule has 0 saturated carbocycles. The van der Waals surface area contributed by atoms with Gasteiger partial charge in [0.15, 0.2) is 0 Å². The van der Waals surface area contributed by atoms with Crippen molar-refractivity contribution in [1.82, 2.24) is 9.80 Å². The Labute approximate surface area is 116 Å². The van der Waals surface area contributed by atoms with Crippen molar-refractivity contribution in [3.8, 4) is 0 Å². The minimum atomic E-state index is 0.828. The van der Waals surface area contributed by atoms with Crippen LogP contribution in [0.15, 0.2) is 24.3 Å². The molecular formula is C16H25N3. The summed E-state index contributed by atoms with van der Waals surface area (Å²) in [6.07, 6.45) is 5.32. The van der Waals surface area contributed by atoms with Gasteiger partial charge >= 0.3 is 0 Å². The van der Waals surface area contributed by atoms with E-state index in [0.717, 1.165) is 18.2 Å². The number of benzene rings is 1. The lowest BCUT2D eigenvalue weighted by Gasteiger charge is -2.23. The van der Waals surface area contributed by atoms with Crippen molar-refractivity contribution in [2.75, 3.05) is 38.5 Å². The maximum atomic E-state index is 5.72. The summed E-state index contributed by atoms with van der Waals surface area (Å²) in [5.74, 6) is 0. The number of hydrogen-bond acceptors (Lipinski definition) is 3. The van der Waals surface area contributed by atoms with Crippen LogP contribution in [0.1, 0.15) is 24.8 Å². The SMILES string of the molecule is Nc1ccc(CCN2CCC(N3CCCC3)C2)cc1. The molecule has 19 heavy (non-hydrogen) atoms. The van der Waals surface area contributed by atoms with Crippen LogP contribution in [0, 0.1) is 0 Å². The molecule has 1 aromatic carbocycles. The van der Waals surface area contributed by atoms with Gasteiger partial charge in [-0.2, -0.15) is 0 Å². The molecule has 2 saturated heterocycles. The predicted molar refractivity (Wildman–Crippen MR) is 80.2 cm³/mol. The Morgan fingerprint density at radius 1 is 1.05 bits per heavy atom. The van der Waals surface area contributed by atoms with Crippen molar-refractivity contribution in [2.24, 2.45) is 0 Å². The van der Waals surface area contributed by atoms with Gasteiger partial charge in [0, 0.05) is 24.8 Å². The van der Waals surface area contributed by atoms with E-state index in [1.54, 1.807) is 0 Å². The highest BCUT2D eigenvalue weighted by Gasteiger charge is 2.28. The number of likely N-dealkylation sites (tertiary alicyclic amines) is 2. The molecule has 104 valence electrons. The van der Waals surface area contributed by atoms with Gasteiger partial charge in [-0.25, -0.2) is 0 Å². The molecule has 3 rings (SSSR count). The van der Waals surface area contributed by atoms with Crippen molar-refractivity contribution in [1.29, 1.82) is 0 Å². The minimum absolute atomic E-state index is 0.828. The van der Waals surface area contributed by atoms with Crippen molar-refractivity contribution < 1.29 is 0 Å². The van der Waals surface area contributed by atoms with Gasteiger partial charge < -0.3 is 10.6 Å². The van der Waals surface area contributed by atoms with Crippen LogP contribution in [0.25, 0.3) is 0 Å². The first-order chi connectivity index (χ1) is 9.31. The van der Waals surface area contributed by atoms with Crippen LogP contribution in [-0.4, -0.2) is 48.6 Å². The molecule has 0 bridgehead atoms. The molecule has 1 atom stereocenters. The zero-order valence-corrected chi connectivity index (χ0v) is 11.7. The molecule has 2 aliphatic rings. The second kappa shape index (κ2) is 5.93. The van der Waals surface area contributed by atoms with Crippen LogP contribution >= 0.6 is 0 Å². The average Bonchev–Trinajstić information content (AvgIpc) is 3.09. The molecule has 2 heterocycles. The molecule has 3 heteroatoms. The highest BCUT2D eigenvalue weighted by Crippen LogP contribution is 2.20. The van der Waals surface area contributed by atoms with E-state index in [2.05, 4.69) is 21.9 Å². The molecule has 3 nitrogen and oxygen atoms in total. The van der Waals surface area contributed by atoms with Gasteiger partial charge in [0.2, 0.25) is 0 Å². The Morgan fingerprint density at radius 2 is 1.79 bits per heavy atom. The highest BCUT2D eigenvalue weighted by atomic mass is 15.3. The zero-order valence-electron chi connectivity index (χ0n) is 11.7. The lowest BCUT2D eigenvalue weighted by atomic mass is 10.1. The summed E-state index contributed by atoms with van der Waals surface area (Å²) in [6, 6.07) is 9.15. The average molecular weight is 259 g/mol. The Balaban J connectivity index is 1.45. The smallest absolute Gasteiger partial charge is 0.0314 e. The largest absolute Gasteiger partial charge is 0.399 e. The molecule has 1 aromatic rings. The first-order valence-electron chi connectivity index (χ1n) is 7.62. The van der Waals surface area contributed by atoms with Crippen molar-refractivity contribution in [3.63, 3.8) is 0 Å². The van der Waals surface area contributed by atoms with Crippen LogP contribution < -0.4 is 5.73 Å². The summed E-state index contributed by atoms with van der Waals surface area (Å²) >= 11 is 0. The second-order valence-electron chi connectivity index (χ2n) is 5.98. The summed E-state index contributed by atoms with van der Waals surface area (Å²) in [7, 11) is 0. The van der Waals surface area contributed by atoms with Crippen LogP contribution in [0.2, 0.25) is 0 Å². The molecule has 0 aliphatic carbocycles. The van der Waals surface area contributed by atoms with Crippen molar-refractivity contribution >= 4 is 5.69 Å². The molecule has 0 spiro atoms. The lowest BCUT2D eigenvalue weighted by Crippen LogP contribution is -2.35. The summed E-state index contributed by atoms with van der Waals surface area (Å²) in [6.45, 7) is 6.40. The third-order valence-electron chi connectivity index (χ3n) is 4.60. The summed E-state index contributed by atoms with van der Waals surface area (Å²) in [5.41, 5.74) is 7.98. The molecule has 0 amide bonds. The van der Waals surface area contributed by atoms with Crippen LogP contribution in [-0.2, 0) is 6.42 Å². The van der Waals surface area contributed by atoms with Gasteiger partial charge in [-0.3, -0.25) is 4.90 Å². The molecule has 2 aliphatic heterocycles. The summed E-state index contributed by atoms with van der Waals surface area (Å²) in [4.78, 5) is 5.32. The van der Waals surface area contributed by atoms with Gasteiger partial charge in [-0.05, 0) is 63.0 Å². The third kappa shape index (κ3) is 3.28. The Morgan fingerprint density at radius 3 is 2.53 bits per heavy atom. The fourth-order valence-corrected chi connectivity index (χ4v) is 3.39. The van der Waals surface area contributed by atoms with E-state index in [9.17, 15) is 0 Å². The van der Waals surface area contributed by atoms with Crippen molar-refractivity contribution in [2.45, 2.75) is 31.7 Å². The molecular weight excluding hydrogens is 234 g/mol. The zero-order chi connectivity index (χ0) is 13.1. The maximum absolute atomic E-state index is 5.72. The first kappa shape index (κ1) is 12.9. The van der Waals surface area contributed by atoms with E-state index in [4.69, 9.17) is 5.73 Å². The van der Waals surface area contributed by atoms with Gasteiger partial charge in [0.25, 0.3) is 0 Å². The third-order valence-corrected chi connectivity index (χ3v) is 4.60. The summed E-state index contributed by atoms with van der Waals surface area (Å²) < 4.78 is 0. The highest BCUT2D eigenvalue weighted by molar-refractivity contribution is 5.39. The van der Waals surface area contributed by atoms with E-state index in [1.807, 2.05) is 12.1 Å². The number of nitrogen functional groups attached to an aromatic ring is 1. The number of hydrogen-bond donors (Lipinski definition) is 1. The van der Waals surface area contributed by atoms with Gasteiger partial charge in [0.05, 0.1) is 0 Å². The van der Waals surface area contributed by atoms with Gasteiger partial charge in [-0.1, -0.05) is 12.1 Å². The second-order valence-corrected chi connectivity index (χ2v) is 5.98. The van der Waals surface area contributed by atoms with Crippen LogP contribution in [0.5, 0.6) is 0 Å². The molecule has 0 aromatic heterocycles. The van der Waals surface area contributed by atoms with Crippen molar-refractivity contribution in [3.05, 3.63) is 29.8 Å². The predicted octanol–water partition coefficient (Wildman–Crippen LogP) is 1.98. The van der Waals surface area contributed by atoms with E-state index < -0.39 is 0 Å². The number of rotatable bonds is 4. The topological polar surface area (TPSA) is 32.5 Å². The fourth-order valence-electron chi connectivity index (χ4n) is 3.39. The lowest BCUT2D eigenvalue weighted by molar-refractivity contribution is 0.233. The number of nitrogens with two attached hydrogens (primary N) is 1. The molecule has 1 unspecified atom stereocenters. The monoisotopic (exact) mass is 259 g/mol. The normalized spacial score (nSPS) is 25.2. The maximum Gasteiger partial charge on any atom is 0.0314 e.